The van der Waals surface area contributed by atoms with Crippen molar-refractivity contribution in [2.24, 2.45) is 0 Å². The second-order valence-electron chi connectivity index (χ2n) is 8.37. The van der Waals surface area contributed by atoms with Crippen LogP contribution in [0.4, 0.5) is 39.2 Å². The zero-order valence-electron chi connectivity index (χ0n) is 21.9. The van der Waals surface area contributed by atoms with Gasteiger partial charge in [0.1, 0.15) is 17.5 Å². The summed E-state index contributed by atoms with van der Waals surface area (Å²) >= 11 is 0. The maximum Gasteiger partial charge on any atom is 0.323 e. The van der Waals surface area contributed by atoms with Crippen molar-refractivity contribution < 1.29 is 19.0 Å². The van der Waals surface area contributed by atoms with E-state index in [2.05, 4.69) is 31.2 Å². The van der Waals surface area contributed by atoms with Crippen LogP contribution in [0.1, 0.15) is 11.4 Å². The molecule has 0 aliphatic rings. The Bertz CT molecular complexity index is 1380. The summed E-state index contributed by atoms with van der Waals surface area (Å²) in [5, 5.41) is 12.2. The molecule has 0 atom stereocenters. The van der Waals surface area contributed by atoms with Crippen LogP contribution in [0, 0.1) is 13.8 Å². The number of ether oxygens (including phenoxy) is 3. The third-order valence-corrected chi connectivity index (χ3v) is 5.50. The zero-order valence-corrected chi connectivity index (χ0v) is 21.9. The highest BCUT2D eigenvalue weighted by Crippen LogP contribution is 2.40. The number of nitrogens with zero attached hydrogens (tertiary/aromatic N) is 2. The molecule has 0 saturated carbocycles. The number of anilines is 6. The van der Waals surface area contributed by atoms with Crippen LogP contribution in [0.25, 0.3) is 0 Å². The summed E-state index contributed by atoms with van der Waals surface area (Å²) in [4.78, 5) is 21.5. The molecule has 0 saturated heterocycles. The molecule has 4 rings (SSSR count). The van der Waals surface area contributed by atoms with Crippen molar-refractivity contribution in [3.8, 4) is 17.2 Å². The number of aromatic nitrogens is 2. The first-order valence-electron chi connectivity index (χ1n) is 11.8. The molecule has 0 unspecified atom stereocenters. The molecule has 38 heavy (non-hydrogen) atoms. The number of hydrogen-bond acceptors (Lipinski definition) is 8. The highest BCUT2D eigenvalue weighted by Gasteiger charge is 2.14. The van der Waals surface area contributed by atoms with Gasteiger partial charge in [-0.1, -0.05) is 17.7 Å². The molecular formula is C28H30N6O4. The largest absolute Gasteiger partial charge is 0.493 e. The van der Waals surface area contributed by atoms with Crippen molar-refractivity contribution in [1.82, 2.24) is 9.97 Å². The van der Waals surface area contributed by atoms with Gasteiger partial charge in [-0.25, -0.2) is 14.8 Å². The van der Waals surface area contributed by atoms with Gasteiger partial charge in [-0.05, 0) is 50.2 Å². The first-order valence-corrected chi connectivity index (χ1v) is 11.8. The predicted octanol–water partition coefficient (Wildman–Crippen LogP) is 6.25. The van der Waals surface area contributed by atoms with Gasteiger partial charge in [-0.2, -0.15) is 0 Å². The molecule has 10 heteroatoms. The fourth-order valence-electron chi connectivity index (χ4n) is 3.71. The van der Waals surface area contributed by atoms with E-state index in [1.807, 2.05) is 56.3 Å². The second-order valence-corrected chi connectivity index (χ2v) is 8.37. The summed E-state index contributed by atoms with van der Waals surface area (Å²) in [7, 11) is 4.55. The molecule has 0 radical (unpaired) electrons. The molecule has 3 aromatic carbocycles. The highest BCUT2D eigenvalue weighted by atomic mass is 16.5. The highest BCUT2D eigenvalue weighted by molar-refractivity contribution is 6.00. The van der Waals surface area contributed by atoms with Crippen LogP contribution in [0.5, 0.6) is 17.2 Å². The number of rotatable bonds is 9. The molecule has 0 fully saturated rings. The Labute approximate surface area is 221 Å². The first-order chi connectivity index (χ1) is 18.4. The van der Waals surface area contributed by atoms with Gasteiger partial charge in [0.2, 0.25) is 5.75 Å². The van der Waals surface area contributed by atoms with Gasteiger partial charge in [0.15, 0.2) is 11.5 Å². The molecule has 196 valence electrons. The fraction of sp³-hybridized carbons (Fsp3) is 0.179. The minimum atomic E-state index is -0.418. The number of benzene rings is 3. The van der Waals surface area contributed by atoms with E-state index in [9.17, 15) is 4.79 Å². The van der Waals surface area contributed by atoms with Crippen molar-refractivity contribution in [3.05, 3.63) is 78.1 Å². The Hall–Kier alpha value is -4.99. The Balaban J connectivity index is 1.39. The molecular weight excluding hydrogens is 484 g/mol. The van der Waals surface area contributed by atoms with E-state index >= 15 is 0 Å². The molecule has 0 bridgehead atoms. The van der Waals surface area contributed by atoms with Gasteiger partial charge in [0.05, 0.1) is 27.0 Å². The van der Waals surface area contributed by atoms with E-state index in [1.54, 1.807) is 24.3 Å². The van der Waals surface area contributed by atoms with Crippen molar-refractivity contribution >= 4 is 40.4 Å². The average Bonchev–Trinajstić information content (AvgIpc) is 2.90. The van der Waals surface area contributed by atoms with E-state index in [1.165, 1.54) is 26.9 Å². The molecule has 2 amide bonds. The van der Waals surface area contributed by atoms with Gasteiger partial charge >= 0.3 is 6.03 Å². The Morgan fingerprint density at radius 2 is 1.11 bits per heavy atom. The number of methoxy groups -OCH3 is 3. The number of carbonyl (C=O) groups is 1. The third-order valence-electron chi connectivity index (χ3n) is 5.50. The van der Waals surface area contributed by atoms with Gasteiger partial charge in [-0.3, -0.25) is 0 Å². The lowest BCUT2D eigenvalue weighted by Crippen LogP contribution is -2.19. The van der Waals surface area contributed by atoms with Crippen molar-refractivity contribution in [2.45, 2.75) is 13.8 Å². The van der Waals surface area contributed by atoms with E-state index in [0.717, 1.165) is 11.4 Å². The third kappa shape index (κ3) is 6.61. The maximum absolute atomic E-state index is 12.6. The molecule has 4 N–H and O–H groups in total. The monoisotopic (exact) mass is 514 g/mol. The summed E-state index contributed by atoms with van der Waals surface area (Å²) in [6.07, 6.45) is 0. The predicted molar refractivity (Wildman–Crippen MR) is 150 cm³/mol. The van der Waals surface area contributed by atoms with E-state index in [-0.39, 0.29) is 0 Å². The molecule has 1 aromatic heterocycles. The summed E-state index contributed by atoms with van der Waals surface area (Å²) in [5.41, 5.74) is 4.04. The lowest BCUT2D eigenvalue weighted by molar-refractivity contribution is 0.262. The molecule has 0 aliphatic carbocycles. The van der Waals surface area contributed by atoms with Crippen LogP contribution in [0.2, 0.25) is 0 Å². The lowest BCUT2D eigenvalue weighted by Gasteiger charge is -2.15. The number of nitrogens with one attached hydrogen (secondary N) is 4. The van der Waals surface area contributed by atoms with Crippen LogP contribution >= 0.6 is 0 Å². The molecule has 1 heterocycles. The quantitative estimate of drug-likeness (QED) is 0.207. The number of amides is 2. The fourth-order valence-corrected chi connectivity index (χ4v) is 3.71. The standard InChI is InChI=1S/C28H30N6O4/c1-17-6-8-19(9-7-17)31-25-16-26(30-18(2)29-25)32-20-10-12-21(13-11-20)33-28(35)34-22-14-23(36-3)27(38-5)24(15-22)37-4/h6-16H,1-5H3,(H2,33,34,35)(H2,29,30,31,32). The Kier molecular flexibility index (Phi) is 8.12. The average molecular weight is 515 g/mol. The lowest BCUT2D eigenvalue weighted by atomic mass is 10.2. The molecule has 10 nitrogen and oxygen atoms in total. The maximum atomic E-state index is 12.6. The number of urea groups is 1. The topological polar surface area (TPSA) is 119 Å². The normalized spacial score (nSPS) is 10.3. The SMILES string of the molecule is COc1cc(NC(=O)Nc2ccc(Nc3cc(Nc4ccc(C)cc4)nc(C)n3)cc2)cc(OC)c1OC. The van der Waals surface area contributed by atoms with E-state index in [0.29, 0.717) is 46.1 Å². The van der Waals surface area contributed by atoms with Crippen LogP contribution in [-0.4, -0.2) is 37.3 Å². The number of carbonyl (C=O) groups excluding carboxylic acids is 1. The van der Waals surface area contributed by atoms with Gasteiger partial charge in [-0.15, -0.1) is 0 Å². The number of aryl methyl sites for hydroxylation is 2. The molecule has 4 aromatic rings. The summed E-state index contributed by atoms with van der Waals surface area (Å²) in [6, 6.07) is 20.1. The Morgan fingerprint density at radius 3 is 1.61 bits per heavy atom. The summed E-state index contributed by atoms with van der Waals surface area (Å²) < 4.78 is 16.0. The van der Waals surface area contributed by atoms with Gasteiger partial charge < -0.3 is 35.5 Å². The van der Waals surface area contributed by atoms with Crippen LogP contribution in [0.15, 0.2) is 66.7 Å². The van der Waals surface area contributed by atoms with Crippen molar-refractivity contribution in [1.29, 1.82) is 0 Å². The Morgan fingerprint density at radius 1 is 0.632 bits per heavy atom. The minimum Gasteiger partial charge on any atom is -0.493 e. The van der Waals surface area contributed by atoms with Crippen molar-refractivity contribution in [3.63, 3.8) is 0 Å². The van der Waals surface area contributed by atoms with Gasteiger partial charge in [0, 0.05) is 35.3 Å². The van der Waals surface area contributed by atoms with Crippen molar-refractivity contribution in [2.75, 3.05) is 42.6 Å². The zero-order chi connectivity index (χ0) is 27.1. The van der Waals surface area contributed by atoms with Crippen LogP contribution < -0.4 is 35.5 Å². The second kappa shape index (κ2) is 11.8. The minimum absolute atomic E-state index is 0.418. The molecule has 0 spiro atoms. The summed E-state index contributed by atoms with van der Waals surface area (Å²) in [5.74, 6) is 3.29. The van der Waals surface area contributed by atoms with Crippen LogP contribution in [0.3, 0.4) is 0 Å². The van der Waals surface area contributed by atoms with Crippen LogP contribution in [-0.2, 0) is 0 Å². The first kappa shape index (κ1) is 26.1. The van der Waals surface area contributed by atoms with Gasteiger partial charge in [0.25, 0.3) is 0 Å². The van der Waals surface area contributed by atoms with E-state index < -0.39 is 6.03 Å². The smallest absolute Gasteiger partial charge is 0.323 e. The van der Waals surface area contributed by atoms with E-state index in [4.69, 9.17) is 14.2 Å². The summed E-state index contributed by atoms with van der Waals surface area (Å²) in [6.45, 7) is 3.88. The molecule has 0 aliphatic heterocycles. The number of hydrogen-bond donors (Lipinski definition) is 4.